The molecule has 0 heterocycles. The average molecular weight is 288 g/mol. The summed E-state index contributed by atoms with van der Waals surface area (Å²) in [5.74, 6) is -0.749. The zero-order valence-electron chi connectivity index (χ0n) is 10.8. The van der Waals surface area contributed by atoms with E-state index in [0.29, 0.717) is 5.56 Å². The second-order valence-electron chi connectivity index (χ2n) is 3.98. The zero-order valence-corrected chi connectivity index (χ0v) is 11.7. The first-order chi connectivity index (χ1) is 9.69. The van der Waals surface area contributed by atoms with Crippen molar-refractivity contribution >= 4 is 23.9 Å². The lowest BCUT2D eigenvalue weighted by atomic mass is 10.2. The van der Waals surface area contributed by atoms with Crippen LogP contribution in [0.2, 0.25) is 0 Å². The maximum absolute atomic E-state index is 12.7. The second-order valence-corrected chi connectivity index (χ2v) is 4.86. The number of hydrazone groups is 1. The van der Waals surface area contributed by atoms with Crippen LogP contribution in [0, 0.1) is 5.82 Å². The van der Waals surface area contributed by atoms with Crippen molar-refractivity contribution < 1.29 is 9.18 Å². The van der Waals surface area contributed by atoms with E-state index in [2.05, 4.69) is 10.5 Å². The number of rotatable bonds is 4. The molecule has 102 valence electrons. The predicted molar refractivity (Wildman–Crippen MR) is 79.7 cm³/mol. The van der Waals surface area contributed by atoms with Crippen LogP contribution >= 0.6 is 11.8 Å². The minimum atomic E-state index is -0.376. The molecule has 0 aromatic heterocycles. The Bertz CT molecular complexity index is 609. The van der Waals surface area contributed by atoms with Crippen LogP contribution in [-0.2, 0) is 0 Å². The summed E-state index contributed by atoms with van der Waals surface area (Å²) in [5, 5.41) is 3.87. The summed E-state index contributed by atoms with van der Waals surface area (Å²) in [6.45, 7) is 0. The number of hydrogen-bond acceptors (Lipinski definition) is 3. The third kappa shape index (κ3) is 3.93. The standard InChI is InChI=1S/C15H13FN2OS/c1-20-14-8-2-11(3-9-14)10-17-18-15(19)12-4-6-13(16)7-5-12/h2-10H,1H3,(H,18,19)/b17-10-. The number of carbonyl (C=O) groups excluding carboxylic acids is 1. The fourth-order valence-electron chi connectivity index (χ4n) is 1.52. The topological polar surface area (TPSA) is 41.5 Å². The molecule has 2 rings (SSSR count). The predicted octanol–water partition coefficient (Wildman–Crippen LogP) is 3.31. The van der Waals surface area contributed by atoms with E-state index < -0.39 is 0 Å². The smallest absolute Gasteiger partial charge is 0.267 e. The van der Waals surface area contributed by atoms with Crippen molar-refractivity contribution in [2.75, 3.05) is 6.26 Å². The number of hydrogen-bond donors (Lipinski definition) is 1. The highest BCUT2D eigenvalue weighted by molar-refractivity contribution is 7.98. The van der Waals surface area contributed by atoms with Gasteiger partial charge in [-0.2, -0.15) is 5.10 Å². The molecule has 0 aliphatic heterocycles. The minimum absolute atomic E-state index is 0.362. The number of halogens is 1. The van der Waals surface area contributed by atoms with Crippen LogP contribution in [-0.4, -0.2) is 18.4 Å². The molecule has 2 aromatic rings. The molecular weight excluding hydrogens is 275 g/mol. The number of benzene rings is 2. The van der Waals surface area contributed by atoms with Crippen molar-refractivity contribution in [2.24, 2.45) is 5.10 Å². The molecule has 0 unspecified atom stereocenters. The van der Waals surface area contributed by atoms with Crippen molar-refractivity contribution in [3.8, 4) is 0 Å². The first kappa shape index (κ1) is 14.3. The van der Waals surface area contributed by atoms with E-state index in [9.17, 15) is 9.18 Å². The molecule has 1 N–H and O–H groups in total. The van der Waals surface area contributed by atoms with Gasteiger partial charge in [0.25, 0.3) is 5.91 Å². The normalized spacial score (nSPS) is 10.7. The fraction of sp³-hybridized carbons (Fsp3) is 0.0667. The van der Waals surface area contributed by atoms with E-state index in [-0.39, 0.29) is 11.7 Å². The van der Waals surface area contributed by atoms with E-state index in [0.717, 1.165) is 10.5 Å². The van der Waals surface area contributed by atoms with Crippen LogP contribution < -0.4 is 5.43 Å². The second kappa shape index (κ2) is 6.86. The summed E-state index contributed by atoms with van der Waals surface area (Å²) < 4.78 is 12.7. The highest BCUT2D eigenvalue weighted by Gasteiger charge is 2.03. The molecule has 0 aliphatic rings. The number of nitrogens with one attached hydrogen (secondary N) is 1. The van der Waals surface area contributed by atoms with Gasteiger partial charge in [-0.1, -0.05) is 12.1 Å². The number of nitrogens with zero attached hydrogens (tertiary/aromatic N) is 1. The van der Waals surface area contributed by atoms with Gasteiger partial charge in [0, 0.05) is 10.5 Å². The molecule has 0 aliphatic carbocycles. The first-order valence-electron chi connectivity index (χ1n) is 5.92. The summed E-state index contributed by atoms with van der Waals surface area (Å²) in [6, 6.07) is 13.1. The van der Waals surface area contributed by atoms with E-state index in [1.54, 1.807) is 18.0 Å². The van der Waals surface area contributed by atoms with Crippen molar-refractivity contribution in [1.29, 1.82) is 0 Å². The molecule has 2 aromatic carbocycles. The van der Waals surface area contributed by atoms with Gasteiger partial charge in [0.05, 0.1) is 6.21 Å². The molecule has 0 atom stereocenters. The molecular formula is C15H13FN2OS. The Morgan fingerprint density at radius 3 is 2.40 bits per heavy atom. The van der Waals surface area contributed by atoms with Crippen LogP contribution in [0.5, 0.6) is 0 Å². The van der Waals surface area contributed by atoms with Crippen molar-refractivity contribution in [3.63, 3.8) is 0 Å². The van der Waals surface area contributed by atoms with E-state index in [1.807, 2.05) is 30.5 Å². The molecule has 20 heavy (non-hydrogen) atoms. The van der Waals surface area contributed by atoms with Gasteiger partial charge in [-0.25, -0.2) is 9.82 Å². The van der Waals surface area contributed by atoms with Gasteiger partial charge in [-0.3, -0.25) is 4.79 Å². The lowest BCUT2D eigenvalue weighted by Gasteiger charge is -2.00. The van der Waals surface area contributed by atoms with Crippen molar-refractivity contribution in [2.45, 2.75) is 4.90 Å². The fourth-order valence-corrected chi connectivity index (χ4v) is 1.93. The van der Waals surface area contributed by atoms with Gasteiger partial charge in [0.1, 0.15) is 5.82 Å². The average Bonchev–Trinajstić information content (AvgIpc) is 2.48. The van der Waals surface area contributed by atoms with Crippen LogP contribution in [0.3, 0.4) is 0 Å². The van der Waals surface area contributed by atoms with Crippen molar-refractivity contribution in [1.82, 2.24) is 5.43 Å². The highest BCUT2D eigenvalue weighted by atomic mass is 32.2. The van der Waals surface area contributed by atoms with Crippen LogP contribution in [0.1, 0.15) is 15.9 Å². The van der Waals surface area contributed by atoms with E-state index in [1.165, 1.54) is 24.3 Å². The maximum Gasteiger partial charge on any atom is 0.271 e. The van der Waals surface area contributed by atoms with E-state index >= 15 is 0 Å². The molecule has 0 saturated heterocycles. The minimum Gasteiger partial charge on any atom is -0.267 e. The van der Waals surface area contributed by atoms with Gasteiger partial charge in [0.2, 0.25) is 0 Å². The molecule has 1 amide bonds. The Morgan fingerprint density at radius 1 is 1.15 bits per heavy atom. The van der Waals surface area contributed by atoms with Crippen molar-refractivity contribution in [3.05, 3.63) is 65.5 Å². The number of amides is 1. The monoisotopic (exact) mass is 288 g/mol. The zero-order chi connectivity index (χ0) is 14.4. The quantitative estimate of drug-likeness (QED) is 0.533. The number of carbonyl (C=O) groups is 1. The Labute approximate surface area is 120 Å². The first-order valence-corrected chi connectivity index (χ1v) is 7.14. The Kier molecular flexibility index (Phi) is 4.90. The summed E-state index contributed by atoms with van der Waals surface area (Å²) in [6.07, 6.45) is 3.57. The van der Waals surface area contributed by atoms with Gasteiger partial charge in [-0.05, 0) is 48.2 Å². The van der Waals surface area contributed by atoms with Crippen LogP contribution in [0.4, 0.5) is 4.39 Å². The molecule has 5 heteroatoms. The maximum atomic E-state index is 12.7. The summed E-state index contributed by atoms with van der Waals surface area (Å²) >= 11 is 1.66. The summed E-state index contributed by atoms with van der Waals surface area (Å²) in [5.41, 5.74) is 3.65. The largest absolute Gasteiger partial charge is 0.271 e. The summed E-state index contributed by atoms with van der Waals surface area (Å²) in [7, 11) is 0. The lowest BCUT2D eigenvalue weighted by molar-refractivity contribution is 0.0955. The van der Waals surface area contributed by atoms with Crippen LogP contribution in [0.15, 0.2) is 58.5 Å². The van der Waals surface area contributed by atoms with E-state index in [4.69, 9.17) is 0 Å². The molecule has 3 nitrogen and oxygen atoms in total. The third-order valence-corrected chi connectivity index (χ3v) is 3.35. The van der Waals surface area contributed by atoms with Gasteiger partial charge < -0.3 is 0 Å². The van der Waals surface area contributed by atoms with Gasteiger partial charge in [0.15, 0.2) is 0 Å². The van der Waals surface area contributed by atoms with Gasteiger partial charge in [-0.15, -0.1) is 11.8 Å². The SMILES string of the molecule is CSc1ccc(/C=N\NC(=O)c2ccc(F)cc2)cc1. The number of thioether (sulfide) groups is 1. The molecule has 0 fully saturated rings. The third-order valence-electron chi connectivity index (χ3n) is 2.60. The van der Waals surface area contributed by atoms with Crippen LogP contribution in [0.25, 0.3) is 0 Å². The summed E-state index contributed by atoms with van der Waals surface area (Å²) in [4.78, 5) is 12.9. The molecule has 0 radical (unpaired) electrons. The molecule has 0 saturated carbocycles. The Morgan fingerprint density at radius 2 is 1.80 bits per heavy atom. The highest BCUT2D eigenvalue weighted by Crippen LogP contribution is 2.13. The van der Waals surface area contributed by atoms with Gasteiger partial charge >= 0.3 is 0 Å². The Hall–Kier alpha value is -2.14. The Balaban J connectivity index is 1.95. The molecule has 0 bridgehead atoms. The lowest BCUT2D eigenvalue weighted by Crippen LogP contribution is -2.17. The molecule has 0 spiro atoms.